The fourth-order valence-corrected chi connectivity index (χ4v) is 1.81. The van der Waals surface area contributed by atoms with Gasteiger partial charge in [-0.05, 0) is 48.0 Å². The number of hydrogen-bond acceptors (Lipinski definition) is 5. The first-order valence-corrected chi connectivity index (χ1v) is 7.14. The second-order valence-corrected chi connectivity index (χ2v) is 4.81. The monoisotopic (exact) mass is 327 g/mol. The molecule has 0 radical (unpaired) electrons. The van der Waals surface area contributed by atoms with Crippen LogP contribution in [-0.2, 0) is 14.3 Å². The van der Waals surface area contributed by atoms with Crippen LogP contribution in [0.4, 0.5) is 5.69 Å². The van der Waals surface area contributed by atoms with Gasteiger partial charge in [0.1, 0.15) is 11.5 Å². The van der Waals surface area contributed by atoms with Gasteiger partial charge in [-0.25, -0.2) is 4.79 Å². The summed E-state index contributed by atoms with van der Waals surface area (Å²) in [5.74, 6) is -0.262. The Hall–Kier alpha value is -3.28. The molecule has 0 spiro atoms. The maximum Gasteiger partial charge on any atom is 0.331 e. The molecule has 0 saturated carbocycles. The average Bonchev–Trinajstić information content (AvgIpc) is 2.60. The first-order chi connectivity index (χ1) is 11.6. The third kappa shape index (κ3) is 5.49. The van der Waals surface area contributed by atoms with Crippen LogP contribution >= 0.6 is 0 Å². The molecule has 24 heavy (non-hydrogen) atoms. The van der Waals surface area contributed by atoms with Gasteiger partial charge in [-0.1, -0.05) is 12.1 Å². The quantitative estimate of drug-likeness (QED) is 0.484. The highest BCUT2D eigenvalue weighted by atomic mass is 16.5. The molecule has 6 nitrogen and oxygen atoms in total. The summed E-state index contributed by atoms with van der Waals surface area (Å²) in [7, 11) is 1.57. The van der Waals surface area contributed by atoms with Gasteiger partial charge in [0.15, 0.2) is 6.61 Å². The van der Waals surface area contributed by atoms with Gasteiger partial charge in [-0.2, -0.15) is 0 Å². The number of hydrogen-bond donors (Lipinski definition) is 2. The lowest BCUT2D eigenvalue weighted by Crippen LogP contribution is -2.20. The second kappa shape index (κ2) is 8.38. The zero-order valence-corrected chi connectivity index (χ0v) is 13.1. The highest BCUT2D eigenvalue weighted by Crippen LogP contribution is 2.14. The Morgan fingerprint density at radius 2 is 1.75 bits per heavy atom. The smallest absolute Gasteiger partial charge is 0.331 e. The Morgan fingerprint density at radius 1 is 1.08 bits per heavy atom. The number of anilines is 1. The van der Waals surface area contributed by atoms with Crippen molar-refractivity contribution in [3.05, 3.63) is 60.2 Å². The fraction of sp³-hybridized carbons (Fsp3) is 0.111. The molecule has 0 aliphatic rings. The van der Waals surface area contributed by atoms with E-state index in [-0.39, 0.29) is 5.75 Å². The van der Waals surface area contributed by atoms with Crippen molar-refractivity contribution >= 4 is 23.6 Å². The van der Waals surface area contributed by atoms with Crippen LogP contribution in [-0.4, -0.2) is 30.7 Å². The maximum absolute atomic E-state index is 11.7. The number of methoxy groups -OCH3 is 1. The Morgan fingerprint density at radius 3 is 2.38 bits per heavy atom. The van der Waals surface area contributed by atoms with Crippen molar-refractivity contribution in [2.24, 2.45) is 0 Å². The highest BCUT2D eigenvalue weighted by molar-refractivity contribution is 5.94. The lowest BCUT2D eigenvalue weighted by molar-refractivity contribution is -0.142. The largest absolute Gasteiger partial charge is 0.508 e. The molecule has 0 aromatic heterocycles. The summed E-state index contributed by atoms with van der Waals surface area (Å²) in [6.07, 6.45) is 2.83. The van der Waals surface area contributed by atoms with E-state index in [1.807, 2.05) is 0 Å². The van der Waals surface area contributed by atoms with Crippen molar-refractivity contribution in [2.45, 2.75) is 0 Å². The van der Waals surface area contributed by atoms with E-state index in [0.717, 1.165) is 11.3 Å². The summed E-state index contributed by atoms with van der Waals surface area (Å²) in [4.78, 5) is 23.3. The van der Waals surface area contributed by atoms with Crippen LogP contribution in [0, 0.1) is 0 Å². The first kappa shape index (κ1) is 17.1. The summed E-state index contributed by atoms with van der Waals surface area (Å²) < 4.78 is 9.90. The van der Waals surface area contributed by atoms with E-state index in [1.165, 1.54) is 18.2 Å². The maximum atomic E-state index is 11.7. The van der Waals surface area contributed by atoms with Gasteiger partial charge in [-0.15, -0.1) is 0 Å². The second-order valence-electron chi connectivity index (χ2n) is 4.81. The molecule has 2 aromatic carbocycles. The number of carbonyl (C=O) groups is 2. The summed E-state index contributed by atoms with van der Waals surface area (Å²) in [6.45, 7) is -0.396. The number of phenols is 1. The minimum atomic E-state index is -0.619. The van der Waals surface area contributed by atoms with Crippen LogP contribution in [0.25, 0.3) is 6.08 Å². The average molecular weight is 327 g/mol. The normalized spacial score (nSPS) is 10.4. The van der Waals surface area contributed by atoms with Crippen molar-refractivity contribution in [1.29, 1.82) is 0 Å². The molecule has 2 N–H and O–H groups in total. The predicted molar refractivity (Wildman–Crippen MR) is 89.7 cm³/mol. The fourth-order valence-electron chi connectivity index (χ4n) is 1.81. The van der Waals surface area contributed by atoms with E-state index in [1.54, 1.807) is 49.6 Å². The van der Waals surface area contributed by atoms with Gasteiger partial charge in [0, 0.05) is 11.8 Å². The zero-order chi connectivity index (χ0) is 17.4. The molecule has 2 aromatic rings. The van der Waals surface area contributed by atoms with Crippen LogP contribution in [0.3, 0.4) is 0 Å². The van der Waals surface area contributed by atoms with E-state index >= 15 is 0 Å². The minimum absolute atomic E-state index is 0.100. The summed E-state index contributed by atoms with van der Waals surface area (Å²) in [5, 5.41) is 11.7. The first-order valence-electron chi connectivity index (χ1n) is 7.14. The van der Waals surface area contributed by atoms with Gasteiger partial charge in [0.05, 0.1) is 7.11 Å². The topological polar surface area (TPSA) is 84.9 Å². The molecule has 0 heterocycles. The van der Waals surface area contributed by atoms with Gasteiger partial charge >= 0.3 is 5.97 Å². The number of ether oxygens (including phenoxy) is 2. The number of aromatic hydroxyl groups is 1. The number of nitrogens with one attached hydrogen (secondary N) is 1. The van der Waals surface area contributed by atoms with E-state index in [9.17, 15) is 9.59 Å². The molecule has 6 heteroatoms. The van der Waals surface area contributed by atoms with Crippen LogP contribution in [0.1, 0.15) is 5.56 Å². The van der Waals surface area contributed by atoms with Crippen LogP contribution in [0.15, 0.2) is 54.6 Å². The van der Waals surface area contributed by atoms with Gasteiger partial charge in [0.2, 0.25) is 0 Å². The molecule has 1 amide bonds. The zero-order valence-electron chi connectivity index (χ0n) is 13.1. The molecular weight excluding hydrogens is 310 g/mol. The third-order valence-electron chi connectivity index (χ3n) is 3.02. The Labute approximate surface area is 139 Å². The number of esters is 1. The Kier molecular flexibility index (Phi) is 5.96. The lowest BCUT2D eigenvalue weighted by Gasteiger charge is -2.05. The minimum Gasteiger partial charge on any atom is -0.508 e. The molecule has 124 valence electrons. The van der Waals surface area contributed by atoms with Crippen LogP contribution in [0.5, 0.6) is 11.5 Å². The van der Waals surface area contributed by atoms with Crippen LogP contribution in [0.2, 0.25) is 0 Å². The van der Waals surface area contributed by atoms with E-state index in [0.29, 0.717) is 5.69 Å². The summed E-state index contributed by atoms with van der Waals surface area (Å²) in [6, 6.07) is 13.1. The van der Waals surface area contributed by atoms with Crippen LogP contribution < -0.4 is 10.1 Å². The van der Waals surface area contributed by atoms with Gasteiger partial charge in [-0.3, -0.25) is 4.79 Å². The van der Waals surface area contributed by atoms with Gasteiger partial charge < -0.3 is 19.9 Å². The number of benzene rings is 2. The third-order valence-corrected chi connectivity index (χ3v) is 3.02. The molecular formula is C18H17NO5. The molecule has 0 aliphatic carbocycles. The molecule has 0 bridgehead atoms. The van der Waals surface area contributed by atoms with Crippen molar-refractivity contribution in [3.63, 3.8) is 0 Å². The standard InChI is InChI=1S/C18H17NO5/c1-23-16-9-2-13(3-10-16)4-11-18(22)24-12-17(21)19-14-5-7-15(20)8-6-14/h2-11,20H,12H2,1H3,(H,19,21)/b11-4+. The summed E-state index contributed by atoms with van der Waals surface area (Å²) >= 11 is 0. The molecule has 0 unspecified atom stereocenters. The number of phenolic OH excluding ortho intramolecular Hbond substituents is 1. The predicted octanol–water partition coefficient (Wildman–Crippen LogP) is 2.60. The molecule has 0 fully saturated rings. The van der Waals surface area contributed by atoms with E-state index < -0.39 is 18.5 Å². The molecule has 0 saturated heterocycles. The van der Waals surface area contributed by atoms with Crippen molar-refractivity contribution in [3.8, 4) is 11.5 Å². The highest BCUT2D eigenvalue weighted by Gasteiger charge is 2.05. The van der Waals surface area contributed by atoms with Gasteiger partial charge in [0.25, 0.3) is 5.91 Å². The van der Waals surface area contributed by atoms with Crippen molar-refractivity contribution in [2.75, 3.05) is 19.0 Å². The molecule has 2 rings (SSSR count). The molecule has 0 aliphatic heterocycles. The number of carbonyl (C=O) groups excluding carboxylic acids is 2. The van der Waals surface area contributed by atoms with E-state index in [2.05, 4.69) is 5.32 Å². The summed E-state index contributed by atoms with van der Waals surface area (Å²) in [5.41, 5.74) is 1.31. The Bertz CT molecular complexity index is 720. The van der Waals surface area contributed by atoms with Crippen molar-refractivity contribution < 1.29 is 24.2 Å². The number of rotatable bonds is 6. The lowest BCUT2D eigenvalue weighted by atomic mass is 10.2. The number of amides is 1. The SMILES string of the molecule is COc1ccc(/C=C/C(=O)OCC(=O)Nc2ccc(O)cc2)cc1. The van der Waals surface area contributed by atoms with Crippen molar-refractivity contribution in [1.82, 2.24) is 0 Å². The Balaban J connectivity index is 1.78. The molecule has 0 atom stereocenters. The van der Waals surface area contributed by atoms with E-state index in [4.69, 9.17) is 14.6 Å².